The molecule has 0 radical (unpaired) electrons. The van der Waals surface area contributed by atoms with E-state index in [1.54, 1.807) is 24.3 Å². The highest BCUT2D eigenvalue weighted by molar-refractivity contribution is 7.89. The first kappa shape index (κ1) is 16.3. The second kappa shape index (κ2) is 6.77. The number of alkyl halides is 1. The van der Waals surface area contributed by atoms with Gasteiger partial charge in [-0.25, -0.2) is 8.42 Å². The van der Waals surface area contributed by atoms with Gasteiger partial charge in [0.05, 0.1) is 11.4 Å². The normalized spacial score (nSPS) is 15.2. The number of likely N-dealkylation sites (N-methyl/N-ethyl adjacent to an activating group) is 1. The van der Waals surface area contributed by atoms with Crippen molar-refractivity contribution in [3.63, 3.8) is 0 Å². The van der Waals surface area contributed by atoms with E-state index in [2.05, 4.69) is 5.32 Å². The largest absolute Gasteiger partial charge is 0.352 e. The van der Waals surface area contributed by atoms with Gasteiger partial charge in [-0.1, -0.05) is 12.1 Å². The first-order chi connectivity index (χ1) is 9.93. The third kappa shape index (κ3) is 4.43. The average molecular weight is 331 g/mol. The minimum atomic E-state index is -3.64. The maximum Gasteiger partial charge on any atom is 0.243 e. The van der Waals surface area contributed by atoms with Crippen LogP contribution in [0.3, 0.4) is 0 Å². The molecule has 1 aromatic carbocycles. The van der Waals surface area contributed by atoms with Crippen molar-refractivity contribution < 1.29 is 13.2 Å². The lowest BCUT2D eigenvalue weighted by atomic mass is 10.2. The van der Waals surface area contributed by atoms with Crippen LogP contribution in [0, 0.1) is 0 Å². The van der Waals surface area contributed by atoms with Crippen molar-refractivity contribution >= 4 is 27.5 Å². The molecule has 1 aromatic rings. The highest BCUT2D eigenvalue weighted by Crippen LogP contribution is 2.19. The van der Waals surface area contributed by atoms with E-state index in [-0.39, 0.29) is 23.4 Å². The Morgan fingerprint density at radius 3 is 2.48 bits per heavy atom. The van der Waals surface area contributed by atoms with Crippen LogP contribution in [0.4, 0.5) is 0 Å². The third-order valence-electron chi connectivity index (χ3n) is 3.32. The molecule has 1 amide bonds. The van der Waals surface area contributed by atoms with Gasteiger partial charge in [-0.15, -0.1) is 11.6 Å². The molecule has 7 heteroatoms. The molecule has 0 saturated heterocycles. The molecular formula is C14H19ClN2O3S. The number of benzene rings is 1. The minimum Gasteiger partial charge on any atom is -0.352 e. The Morgan fingerprint density at radius 2 is 1.95 bits per heavy atom. The smallest absolute Gasteiger partial charge is 0.243 e. The van der Waals surface area contributed by atoms with Gasteiger partial charge >= 0.3 is 0 Å². The summed E-state index contributed by atoms with van der Waals surface area (Å²) < 4.78 is 25.8. The van der Waals surface area contributed by atoms with Gasteiger partial charge < -0.3 is 5.32 Å². The number of rotatable bonds is 7. The fraction of sp³-hybridized carbons (Fsp3) is 0.500. The summed E-state index contributed by atoms with van der Waals surface area (Å²) in [6.07, 6.45) is 2.65. The Hall–Kier alpha value is -1.11. The predicted octanol–water partition coefficient (Wildman–Crippen LogP) is 1.37. The Balaban J connectivity index is 2.02. The molecule has 2 rings (SSSR count). The molecule has 0 unspecified atom stereocenters. The van der Waals surface area contributed by atoms with Crippen LogP contribution in [0.5, 0.6) is 0 Å². The van der Waals surface area contributed by atoms with Crippen molar-refractivity contribution in [2.75, 3.05) is 19.5 Å². The number of hydrogen-bond acceptors (Lipinski definition) is 3. The quantitative estimate of drug-likeness (QED) is 0.768. The molecule has 1 N–H and O–H groups in total. The highest BCUT2D eigenvalue weighted by Gasteiger charge is 2.27. The summed E-state index contributed by atoms with van der Waals surface area (Å²) in [5.74, 6) is 0.232. The lowest BCUT2D eigenvalue weighted by Gasteiger charge is -2.17. The summed E-state index contributed by atoms with van der Waals surface area (Å²) in [7, 11) is -2.23. The Morgan fingerprint density at radius 1 is 1.33 bits per heavy atom. The van der Waals surface area contributed by atoms with Gasteiger partial charge in [0, 0.05) is 19.0 Å². The molecule has 1 aliphatic carbocycles. The molecule has 0 spiro atoms. The molecule has 5 nitrogen and oxygen atoms in total. The molecule has 1 saturated carbocycles. The van der Waals surface area contributed by atoms with Crippen molar-refractivity contribution in [1.29, 1.82) is 0 Å². The predicted molar refractivity (Wildman–Crippen MR) is 81.8 cm³/mol. The van der Waals surface area contributed by atoms with Crippen LogP contribution < -0.4 is 5.32 Å². The first-order valence-corrected chi connectivity index (χ1v) is 8.81. The summed E-state index contributed by atoms with van der Waals surface area (Å²) in [6, 6.07) is 6.81. The van der Waals surface area contributed by atoms with E-state index in [0.717, 1.165) is 22.7 Å². The van der Waals surface area contributed by atoms with Crippen molar-refractivity contribution in [1.82, 2.24) is 9.62 Å². The maximum atomic E-state index is 12.4. The summed E-state index contributed by atoms with van der Waals surface area (Å²) in [6.45, 7) is -0.164. The lowest BCUT2D eigenvalue weighted by Crippen LogP contribution is -2.39. The van der Waals surface area contributed by atoms with Crippen molar-refractivity contribution in [2.45, 2.75) is 30.2 Å². The molecule has 1 aliphatic rings. The Bertz CT molecular complexity index is 597. The van der Waals surface area contributed by atoms with E-state index in [4.69, 9.17) is 11.6 Å². The van der Waals surface area contributed by atoms with E-state index < -0.39 is 10.0 Å². The van der Waals surface area contributed by atoms with E-state index in [0.29, 0.717) is 12.3 Å². The van der Waals surface area contributed by atoms with Crippen molar-refractivity contribution in [3.8, 4) is 0 Å². The third-order valence-corrected chi connectivity index (χ3v) is 5.33. The second-order valence-corrected chi connectivity index (χ2v) is 7.61. The number of amides is 1. The standard InChI is InChI=1S/C14H19ClN2O3S/c1-17(10-14(18)16-12-4-5-12)21(19,20)13-6-2-11(3-7-13)8-9-15/h2-3,6-7,12H,4-5,8-10H2,1H3,(H,16,18). The van der Waals surface area contributed by atoms with E-state index in [9.17, 15) is 13.2 Å². The molecule has 0 bridgehead atoms. The number of aryl methyl sites for hydroxylation is 1. The Labute approximate surface area is 130 Å². The molecular weight excluding hydrogens is 312 g/mol. The van der Waals surface area contributed by atoms with Crippen LogP contribution in [-0.4, -0.2) is 44.1 Å². The second-order valence-electron chi connectivity index (χ2n) is 5.19. The van der Waals surface area contributed by atoms with Crippen LogP contribution in [0.1, 0.15) is 18.4 Å². The number of nitrogens with zero attached hydrogens (tertiary/aromatic N) is 1. The van der Waals surface area contributed by atoms with E-state index in [1.807, 2.05) is 0 Å². The molecule has 0 heterocycles. The number of carbonyl (C=O) groups excluding carboxylic acids is 1. The zero-order valence-corrected chi connectivity index (χ0v) is 13.5. The van der Waals surface area contributed by atoms with Gasteiger partial charge in [0.2, 0.25) is 15.9 Å². The fourth-order valence-electron chi connectivity index (χ4n) is 1.91. The van der Waals surface area contributed by atoms with E-state index >= 15 is 0 Å². The SMILES string of the molecule is CN(CC(=O)NC1CC1)S(=O)(=O)c1ccc(CCCl)cc1. The monoisotopic (exact) mass is 330 g/mol. The van der Waals surface area contributed by atoms with Gasteiger partial charge in [-0.3, -0.25) is 4.79 Å². The Kier molecular flexibility index (Phi) is 5.24. The number of halogens is 1. The van der Waals surface area contributed by atoms with Gasteiger partial charge in [0.25, 0.3) is 0 Å². The number of nitrogens with one attached hydrogen (secondary N) is 1. The summed E-state index contributed by atoms with van der Waals surface area (Å²) >= 11 is 5.65. The van der Waals surface area contributed by atoms with Crippen molar-refractivity contribution in [3.05, 3.63) is 29.8 Å². The lowest BCUT2D eigenvalue weighted by molar-refractivity contribution is -0.121. The highest BCUT2D eigenvalue weighted by atomic mass is 35.5. The average Bonchev–Trinajstić information content (AvgIpc) is 3.23. The van der Waals surface area contributed by atoms with Gasteiger partial charge in [-0.05, 0) is 37.0 Å². The van der Waals surface area contributed by atoms with Crippen LogP contribution in [0.2, 0.25) is 0 Å². The van der Waals surface area contributed by atoms with E-state index in [1.165, 1.54) is 7.05 Å². The topological polar surface area (TPSA) is 66.5 Å². The van der Waals surface area contributed by atoms with Crippen molar-refractivity contribution in [2.24, 2.45) is 0 Å². The van der Waals surface area contributed by atoms with Crippen LogP contribution in [0.25, 0.3) is 0 Å². The van der Waals surface area contributed by atoms with Gasteiger partial charge in [-0.2, -0.15) is 4.31 Å². The molecule has 21 heavy (non-hydrogen) atoms. The summed E-state index contributed by atoms with van der Waals surface area (Å²) in [4.78, 5) is 11.9. The number of sulfonamides is 1. The molecule has 0 atom stereocenters. The summed E-state index contributed by atoms with van der Waals surface area (Å²) in [5.41, 5.74) is 0.984. The fourth-order valence-corrected chi connectivity index (χ4v) is 3.25. The summed E-state index contributed by atoms with van der Waals surface area (Å²) in [5, 5.41) is 2.77. The van der Waals surface area contributed by atoms with Crippen LogP contribution >= 0.6 is 11.6 Å². The molecule has 116 valence electrons. The molecule has 0 aromatic heterocycles. The number of carbonyl (C=O) groups is 1. The van der Waals surface area contributed by atoms with Gasteiger partial charge in [0.1, 0.15) is 0 Å². The van der Waals surface area contributed by atoms with Crippen LogP contribution in [0.15, 0.2) is 29.2 Å². The first-order valence-electron chi connectivity index (χ1n) is 6.84. The zero-order valence-electron chi connectivity index (χ0n) is 11.9. The minimum absolute atomic E-state index is 0.164. The maximum absolute atomic E-state index is 12.4. The number of hydrogen-bond donors (Lipinski definition) is 1. The zero-order chi connectivity index (χ0) is 15.5. The van der Waals surface area contributed by atoms with Gasteiger partial charge in [0.15, 0.2) is 0 Å². The molecule has 0 aliphatic heterocycles. The molecule has 1 fully saturated rings. The van der Waals surface area contributed by atoms with Crippen LogP contribution in [-0.2, 0) is 21.2 Å².